The van der Waals surface area contributed by atoms with Crippen LogP contribution in [0.3, 0.4) is 0 Å². The molecule has 1 unspecified atom stereocenters. The highest BCUT2D eigenvalue weighted by Gasteiger charge is 2.14. The average molecular weight is 244 g/mol. The number of carbonyl (C=O) groups is 1. The van der Waals surface area contributed by atoms with Crippen molar-refractivity contribution in [3.8, 4) is 0 Å². The molecule has 2 heterocycles. The van der Waals surface area contributed by atoms with Crippen molar-refractivity contribution in [1.82, 2.24) is 15.6 Å². The summed E-state index contributed by atoms with van der Waals surface area (Å²) in [7, 11) is 0. The summed E-state index contributed by atoms with van der Waals surface area (Å²) < 4.78 is 0. The molecule has 3 N–H and O–H groups in total. The molecule has 1 aromatic heterocycles. The molecular weight excluding hydrogens is 226 g/mol. The Morgan fingerprint density at radius 1 is 1.56 bits per heavy atom. The Kier molecular flexibility index (Phi) is 5.35. The molecule has 0 saturated carbocycles. The summed E-state index contributed by atoms with van der Waals surface area (Å²) in [6.07, 6.45) is 4.06. The molecule has 1 saturated heterocycles. The Labute approximate surface area is 102 Å². The third-order valence-corrected chi connectivity index (χ3v) is 2.84. The minimum absolute atomic E-state index is 0. The maximum atomic E-state index is 11.5. The van der Waals surface area contributed by atoms with Crippen LogP contribution in [-0.4, -0.2) is 30.5 Å². The topological polar surface area (TPSA) is 56.9 Å². The molecule has 1 aliphatic rings. The van der Waals surface area contributed by atoms with Crippen molar-refractivity contribution in [2.45, 2.75) is 12.8 Å². The summed E-state index contributed by atoms with van der Waals surface area (Å²) in [5.74, 6) is 0.722. The van der Waals surface area contributed by atoms with Crippen molar-refractivity contribution in [1.29, 1.82) is 0 Å². The number of aromatic nitrogens is 1. The molecule has 1 amide bonds. The number of halogens is 1. The summed E-state index contributed by atoms with van der Waals surface area (Å²) in [5.41, 5.74) is 0.638. The van der Waals surface area contributed by atoms with Crippen LogP contribution in [0.5, 0.6) is 0 Å². The first-order valence-corrected chi connectivity index (χ1v) is 5.48. The zero-order valence-corrected chi connectivity index (χ0v) is 9.98. The number of hydrogen-bond acceptors (Lipinski definition) is 2. The van der Waals surface area contributed by atoms with E-state index in [-0.39, 0.29) is 18.3 Å². The second-order valence-corrected chi connectivity index (χ2v) is 3.99. The second kappa shape index (κ2) is 6.55. The standard InChI is InChI=1S/C11H17N3O.ClH/c15-11(10-2-1-5-13-10)14-7-4-9-3-6-12-8-9;/h1-2,5,9,12-13H,3-4,6-8H2,(H,14,15);1H. The number of hydrogen-bond donors (Lipinski definition) is 3. The molecule has 1 aromatic rings. The summed E-state index contributed by atoms with van der Waals surface area (Å²) in [4.78, 5) is 14.4. The van der Waals surface area contributed by atoms with Gasteiger partial charge in [-0.25, -0.2) is 0 Å². The SMILES string of the molecule is Cl.O=C(NCCC1CCNC1)c1ccc[nH]1. The highest BCUT2D eigenvalue weighted by molar-refractivity contribution is 5.92. The van der Waals surface area contributed by atoms with E-state index in [9.17, 15) is 4.79 Å². The van der Waals surface area contributed by atoms with E-state index in [0.717, 1.165) is 32.0 Å². The van der Waals surface area contributed by atoms with E-state index < -0.39 is 0 Å². The van der Waals surface area contributed by atoms with Gasteiger partial charge >= 0.3 is 0 Å². The molecule has 0 radical (unpaired) electrons. The molecule has 16 heavy (non-hydrogen) atoms. The lowest BCUT2D eigenvalue weighted by Crippen LogP contribution is -2.26. The van der Waals surface area contributed by atoms with Crippen molar-refractivity contribution >= 4 is 18.3 Å². The maximum Gasteiger partial charge on any atom is 0.267 e. The average Bonchev–Trinajstić information content (AvgIpc) is 2.90. The number of H-pyrrole nitrogens is 1. The number of nitrogens with one attached hydrogen (secondary N) is 3. The monoisotopic (exact) mass is 243 g/mol. The molecule has 2 rings (SSSR count). The first-order chi connectivity index (χ1) is 7.36. The van der Waals surface area contributed by atoms with Crippen LogP contribution in [0.1, 0.15) is 23.3 Å². The van der Waals surface area contributed by atoms with E-state index in [1.165, 1.54) is 6.42 Å². The fraction of sp³-hybridized carbons (Fsp3) is 0.545. The molecule has 4 nitrogen and oxygen atoms in total. The third kappa shape index (κ3) is 3.54. The van der Waals surface area contributed by atoms with Gasteiger partial charge in [-0.05, 0) is 44.0 Å². The lowest BCUT2D eigenvalue weighted by molar-refractivity contribution is 0.0947. The quantitative estimate of drug-likeness (QED) is 0.744. The van der Waals surface area contributed by atoms with E-state index >= 15 is 0 Å². The zero-order valence-electron chi connectivity index (χ0n) is 9.16. The molecule has 0 aliphatic carbocycles. The first-order valence-electron chi connectivity index (χ1n) is 5.48. The number of aromatic amines is 1. The van der Waals surface area contributed by atoms with Gasteiger partial charge in [0.25, 0.3) is 5.91 Å². The molecule has 1 aliphatic heterocycles. The number of amides is 1. The molecule has 90 valence electrons. The van der Waals surface area contributed by atoms with Crippen LogP contribution >= 0.6 is 12.4 Å². The van der Waals surface area contributed by atoms with Crippen molar-refractivity contribution < 1.29 is 4.79 Å². The predicted molar refractivity (Wildman–Crippen MR) is 66.0 cm³/mol. The molecule has 1 fully saturated rings. The second-order valence-electron chi connectivity index (χ2n) is 3.99. The van der Waals surface area contributed by atoms with Crippen LogP contribution in [-0.2, 0) is 0 Å². The fourth-order valence-corrected chi connectivity index (χ4v) is 1.92. The highest BCUT2D eigenvalue weighted by atomic mass is 35.5. The molecule has 1 atom stereocenters. The Bertz CT molecular complexity index is 307. The summed E-state index contributed by atoms with van der Waals surface area (Å²) in [6.45, 7) is 2.98. The van der Waals surface area contributed by atoms with E-state index in [4.69, 9.17) is 0 Å². The van der Waals surface area contributed by atoms with Crippen molar-refractivity contribution in [3.63, 3.8) is 0 Å². The van der Waals surface area contributed by atoms with Crippen LogP contribution < -0.4 is 10.6 Å². The van der Waals surface area contributed by atoms with Crippen LogP contribution in [0, 0.1) is 5.92 Å². The highest BCUT2D eigenvalue weighted by Crippen LogP contribution is 2.10. The predicted octanol–water partition coefficient (Wildman–Crippen LogP) is 1.17. The molecule has 5 heteroatoms. The van der Waals surface area contributed by atoms with Crippen molar-refractivity contribution in [3.05, 3.63) is 24.0 Å². The summed E-state index contributed by atoms with van der Waals surface area (Å²) in [6, 6.07) is 3.61. The van der Waals surface area contributed by atoms with Crippen molar-refractivity contribution in [2.75, 3.05) is 19.6 Å². The van der Waals surface area contributed by atoms with E-state index in [2.05, 4.69) is 15.6 Å². The smallest absolute Gasteiger partial charge is 0.267 e. The van der Waals surface area contributed by atoms with Gasteiger partial charge in [0.05, 0.1) is 0 Å². The Morgan fingerprint density at radius 3 is 3.06 bits per heavy atom. The van der Waals surface area contributed by atoms with Gasteiger partial charge in [-0.15, -0.1) is 12.4 Å². The van der Waals surface area contributed by atoms with Gasteiger partial charge in [0, 0.05) is 12.7 Å². The Balaban J connectivity index is 0.00000128. The first kappa shape index (κ1) is 13.1. The van der Waals surface area contributed by atoms with Crippen LogP contribution in [0.4, 0.5) is 0 Å². The van der Waals surface area contributed by atoms with Gasteiger partial charge in [-0.2, -0.15) is 0 Å². The van der Waals surface area contributed by atoms with Gasteiger partial charge in [0.15, 0.2) is 0 Å². The van der Waals surface area contributed by atoms with Gasteiger partial charge in [-0.3, -0.25) is 4.79 Å². The summed E-state index contributed by atoms with van der Waals surface area (Å²) in [5, 5.41) is 6.23. The molecule has 0 spiro atoms. The van der Waals surface area contributed by atoms with Crippen LogP contribution in [0.15, 0.2) is 18.3 Å². The number of rotatable bonds is 4. The fourth-order valence-electron chi connectivity index (χ4n) is 1.92. The third-order valence-electron chi connectivity index (χ3n) is 2.84. The van der Waals surface area contributed by atoms with E-state index in [1.807, 2.05) is 6.07 Å². The summed E-state index contributed by atoms with van der Waals surface area (Å²) >= 11 is 0. The minimum Gasteiger partial charge on any atom is -0.357 e. The number of carbonyl (C=O) groups excluding carboxylic acids is 1. The van der Waals surface area contributed by atoms with Gasteiger partial charge in [-0.1, -0.05) is 0 Å². The van der Waals surface area contributed by atoms with Gasteiger partial charge in [0.2, 0.25) is 0 Å². The Hall–Kier alpha value is -1.00. The van der Waals surface area contributed by atoms with Crippen LogP contribution in [0.2, 0.25) is 0 Å². The lowest BCUT2D eigenvalue weighted by atomic mass is 10.1. The molecule has 0 aromatic carbocycles. The molecular formula is C11H18ClN3O. The molecule has 0 bridgehead atoms. The van der Waals surface area contributed by atoms with Gasteiger partial charge < -0.3 is 15.6 Å². The van der Waals surface area contributed by atoms with E-state index in [1.54, 1.807) is 12.3 Å². The minimum atomic E-state index is -0.00837. The largest absolute Gasteiger partial charge is 0.357 e. The van der Waals surface area contributed by atoms with Gasteiger partial charge in [0.1, 0.15) is 5.69 Å². The lowest BCUT2D eigenvalue weighted by Gasteiger charge is -2.08. The Morgan fingerprint density at radius 2 is 2.44 bits per heavy atom. The maximum absolute atomic E-state index is 11.5. The van der Waals surface area contributed by atoms with E-state index in [0.29, 0.717) is 5.69 Å². The zero-order chi connectivity index (χ0) is 10.5. The normalized spacial score (nSPS) is 19.1. The van der Waals surface area contributed by atoms with Crippen molar-refractivity contribution in [2.24, 2.45) is 5.92 Å². The van der Waals surface area contributed by atoms with Crippen LogP contribution in [0.25, 0.3) is 0 Å².